The van der Waals surface area contributed by atoms with Gasteiger partial charge in [0.15, 0.2) is 0 Å². The maximum atomic E-state index is 4.35. The molecule has 0 saturated carbocycles. The number of hydrogen-bond donors (Lipinski definition) is 1. The Hall–Kier alpha value is -1.29. The molecular formula is C15H24N4. The van der Waals surface area contributed by atoms with Crippen LogP contribution >= 0.6 is 0 Å². The van der Waals surface area contributed by atoms with Crippen molar-refractivity contribution in [2.75, 3.05) is 42.9 Å². The largest absolute Gasteiger partial charge is 0.384 e. The average Bonchev–Trinajstić information content (AvgIpc) is 3.11. The molecule has 0 radical (unpaired) electrons. The first-order valence-electron chi connectivity index (χ1n) is 7.54. The van der Waals surface area contributed by atoms with E-state index in [0.717, 1.165) is 24.8 Å². The first kappa shape index (κ1) is 12.7. The molecule has 104 valence electrons. The molecule has 2 aliphatic rings. The number of anilines is 2. The molecule has 0 amide bonds. The zero-order valence-electron chi connectivity index (χ0n) is 11.8. The van der Waals surface area contributed by atoms with E-state index in [0.29, 0.717) is 0 Å². The van der Waals surface area contributed by atoms with E-state index in [2.05, 4.69) is 33.1 Å². The molecule has 4 nitrogen and oxygen atoms in total. The summed E-state index contributed by atoms with van der Waals surface area (Å²) in [5.41, 5.74) is 2.39. The van der Waals surface area contributed by atoms with Crippen LogP contribution in [0.1, 0.15) is 26.2 Å². The highest BCUT2D eigenvalue weighted by molar-refractivity contribution is 5.56. The van der Waals surface area contributed by atoms with Crippen molar-refractivity contribution in [3.8, 4) is 0 Å². The summed E-state index contributed by atoms with van der Waals surface area (Å²) in [5.74, 6) is 0. The second-order valence-electron chi connectivity index (χ2n) is 5.59. The molecule has 2 fully saturated rings. The molecule has 1 aromatic heterocycles. The summed E-state index contributed by atoms with van der Waals surface area (Å²) in [7, 11) is 0. The Kier molecular flexibility index (Phi) is 3.87. The fourth-order valence-corrected chi connectivity index (χ4v) is 3.28. The topological polar surface area (TPSA) is 31.4 Å². The van der Waals surface area contributed by atoms with Gasteiger partial charge in [-0.25, -0.2) is 0 Å². The zero-order valence-corrected chi connectivity index (χ0v) is 11.8. The number of nitrogens with zero attached hydrogens (tertiary/aromatic N) is 3. The Morgan fingerprint density at radius 3 is 2.89 bits per heavy atom. The van der Waals surface area contributed by atoms with Gasteiger partial charge in [-0.05, 0) is 45.3 Å². The fraction of sp³-hybridized carbons (Fsp3) is 0.667. The van der Waals surface area contributed by atoms with Gasteiger partial charge in [0.25, 0.3) is 0 Å². The second-order valence-corrected chi connectivity index (χ2v) is 5.59. The smallest absolute Gasteiger partial charge is 0.0574 e. The first-order valence-corrected chi connectivity index (χ1v) is 7.54. The van der Waals surface area contributed by atoms with Gasteiger partial charge < -0.3 is 10.2 Å². The van der Waals surface area contributed by atoms with Crippen molar-refractivity contribution in [3.05, 3.63) is 18.5 Å². The fourth-order valence-electron chi connectivity index (χ4n) is 3.28. The third kappa shape index (κ3) is 2.84. The van der Waals surface area contributed by atoms with Gasteiger partial charge in [0.05, 0.1) is 23.8 Å². The van der Waals surface area contributed by atoms with Gasteiger partial charge in [-0.1, -0.05) is 0 Å². The standard InChI is InChI=1S/C15H24N4/c1-2-17-13-9-15(11-16-10-13)19-8-5-14(12-19)18-6-3-4-7-18/h9-11,14,17H,2-8,12H2,1H3. The van der Waals surface area contributed by atoms with Crippen LogP contribution in [0.3, 0.4) is 0 Å². The highest BCUT2D eigenvalue weighted by Gasteiger charge is 2.29. The van der Waals surface area contributed by atoms with Crippen LogP contribution < -0.4 is 10.2 Å². The van der Waals surface area contributed by atoms with Crippen molar-refractivity contribution in [2.24, 2.45) is 0 Å². The third-order valence-electron chi connectivity index (χ3n) is 4.29. The summed E-state index contributed by atoms with van der Waals surface area (Å²) < 4.78 is 0. The van der Waals surface area contributed by atoms with Gasteiger partial charge in [0.2, 0.25) is 0 Å². The van der Waals surface area contributed by atoms with Crippen molar-refractivity contribution in [1.29, 1.82) is 0 Å². The van der Waals surface area contributed by atoms with E-state index in [1.165, 1.54) is 44.6 Å². The van der Waals surface area contributed by atoms with Crippen LogP contribution in [0.25, 0.3) is 0 Å². The van der Waals surface area contributed by atoms with Crippen LogP contribution in [-0.4, -0.2) is 48.6 Å². The molecule has 1 atom stereocenters. The molecule has 0 aliphatic carbocycles. The summed E-state index contributed by atoms with van der Waals surface area (Å²) in [6.45, 7) is 7.99. The molecule has 1 N–H and O–H groups in total. The van der Waals surface area contributed by atoms with E-state index in [1.54, 1.807) is 0 Å². The van der Waals surface area contributed by atoms with E-state index in [1.807, 2.05) is 12.4 Å². The predicted octanol–water partition coefficient (Wildman–Crippen LogP) is 2.19. The van der Waals surface area contributed by atoms with Gasteiger partial charge in [-0.3, -0.25) is 9.88 Å². The molecule has 0 bridgehead atoms. The number of likely N-dealkylation sites (tertiary alicyclic amines) is 1. The molecule has 19 heavy (non-hydrogen) atoms. The quantitative estimate of drug-likeness (QED) is 0.899. The molecule has 3 heterocycles. The van der Waals surface area contributed by atoms with Crippen LogP contribution in [0.2, 0.25) is 0 Å². The van der Waals surface area contributed by atoms with Gasteiger partial charge >= 0.3 is 0 Å². The SMILES string of the molecule is CCNc1cncc(N2CCC(N3CCCC3)C2)c1. The predicted molar refractivity (Wildman–Crippen MR) is 79.8 cm³/mol. The van der Waals surface area contributed by atoms with Gasteiger partial charge in [-0.15, -0.1) is 0 Å². The van der Waals surface area contributed by atoms with Crippen LogP contribution in [-0.2, 0) is 0 Å². The zero-order chi connectivity index (χ0) is 13.1. The van der Waals surface area contributed by atoms with Crippen molar-refractivity contribution in [1.82, 2.24) is 9.88 Å². The summed E-state index contributed by atoms with van der Waals surface area (Å²) in [5, 5.41) is 3.34. The van der Waals surface area contributed by atoms with Crippen molar-refractivity contribution < 1.29 is 0 Å². The molecular weight excluding hydrogens is 236 g/mol. The number of pyridine rings is 1. The van der Waals surface area contributed by atoms with E-state index >= 15 is 0 Å². The first-order chi connectivity index (χ1) is 9.36. The Labute approximate surface area is 115 Å². The summed E-state index contributed by atoms with van der Waals surface area (Å²) >= 11 is 0. The number of hydrogen-bond acceptors (Lipinski definition) is 4. The number of rotatable bonds is 4. The molecule has 1 unspecified atom stereocenters. The Balaban J connectivity index is 1.65. The van der Waals surface area contributed by atoms with Crippen molar-refractivity contribution in [3.63, 3.8) is 0 Å². The van der Waals surface area contributed by atoms with Crippen LogP contribution in [0.5, 0.6) is 0 Å². The van der Waals surface area contributed by atoms with Crippen LogP contribution in [0, 0.1) is 0 Å². The second kappa shape index (κ2) is 5.78. The van der Waals surface area contributed by atoms with Crippen molar-refractivity contribution >= 4 is 11.4 Å². The number of nitrogens with one attached hydrogen (secondary N) is 1. The third-order valence-corrected chi connectivity index (χ3v) is 4.29. The Morgan fingerprint density at radius 2 is 2.11 bits per heavy atom. The summed E-state index contributed by atoms with van der Waals surface area (Å²) in [4.78, 5) is 9.50. The van der Waals surface area contributed by atoms with E-state index in [9.17, 15) is 0 Å². The minimum Gasteiger partial charge on any atom is -0.384 e. The van der Waals surface area contributed by atoms with Gasteiger partial charge in [0.1, 0.15) is 0 Å². The Bertz CT molecular complexity index is 414. The monoisotopic (exact) mass is 260 g/mol. The minimum absolute atomic E-state index is 0.755. The molecule has 0 spiro atoms. The van der Waals surface area contributed by atoms with Crippen LogP contribution in [0.15, 0.2) is 18.5 Å². The molecule has 0 aromatic carbocycles. The van der Waals surface area contributed by atoms with E-state index < -0.39 is 0 Å². The normalized spacial score (nSPS) is 24.1. The van der Waals surface area contributed by atoms with Crippen molar-refractivity contribution in [2.45, 2.75) is 32.2 Å². The molecule has 3 rings (SSSR count). The lowest BCUT2D eigenvalue weighted by molar-refractivity contribution is 0.260. The minimum atomic E-state index is 0.755. The lowest BCUT2D eigenvalue weighted by Crippen LogP contribution is -2.35. The van der Waals surface area contributed by atoms with Gasteiger partial charge in [0, 0.05) is 25.7 Å². The summed E-state index contributed by atoms with van der Waals surface area (Å²) in [6.07, 6.45) is 7.96. The lowest BCUT2D eigenvalue weighted by Gasteiger charge is -2.24. The average molecular weight is 260 g/mol. The maximum Gasteiger partial charge on any atom is 0.0574 e. The van der Waals surface area contributed by atoms with E-state index in [-0.39, 0.29) is 0 Å². The summed E-state index contributed by atoms with van der Waals surface area (Å²) in [6, 6.07) is 2.98. The molecule has 4 heteroatoms. The van der Waals surface area contributed by atoms with E-state index in [4.69, 9.17) is 0 Å². The van der Waals surface area contributed by atoms with Crippen LogP contribution in [0.4, 0.5) is 11.4 Å². The highest BCUT2D eigenvalue weighted by atomic mass is 15.3. The Morgan fingerprint density at radius 1 is 1.26 bits per heavy atom. The highest BCUT2D eigenvalue weighted by Crippen LogP contribution is 2.26. The molecule has 2 aliphatic heterocycles. The maximum absolute atomic E-state index is 4.35. The molecule has 1 aromatic rings. The number of aromatic nitrogens is 1. The van der Waals surface area contributed by atoms with Gasteiger partial charge in [-0.2, -0.15) is 0 Å². The molecule has 2 saturated heterocycles. The lowest BCUT2D eigenvalue weighted by atomic mass is 10.2.